The van der Waals surface area contributed by atoms with Crippen LogP contribution in [-0.4, -0.2) is 42.4 Å². The van der Waals surface area contributed by atoms with E-state index in [2.05, 4.69) is 174 Å². The van der Waals surface area contributed by atoms with E-state index in [0.29, 0.717) is 29.7 Å². The number of hydrogen-bond acceptors (Lipinski definition) is 3. The van der Waals surface area contributed by atoms with Crippen LogP contribution in [0.3, 0.4) is 0 Å². The Bertz CT molecular complexity index is 2440. The van der Waals surface area contributed by atoms with Gasteiger partial charge in [0.2, 0.25) is 0 Å². The Kier molecular flexibility index (Phi) is 8.70. The molecule has 0 aliphatic heterocycles. The zero-order valence-electron chi connectivity index (χ0n) is 31.9. The summed E-state index contributed by atoms with van der Waals surface area (Å²) in [5.74, 6) is 2.11. The molecule has 4 nitrogen and oxygen atoms in total. The highest BCUT2D eigenvalue weighted by atomic mass is 28.3. The average molecular weight is 713 g/mol. The summed E-state index contributed by atoms with van der Waals surface area (Å²) in [6.07, 6.45) is 2.80. The minimum atomic E-state index is -1.67. The highest BCUT2D eigenvalue weighted by Crippen LogP contribution is 2.45. The number of hydrogen-bond donors (Lipinski definition) is 0. The molecule has 1 aliphatic carbocycles. The second-order valence-corrected chi connectivity index (χ2v) is 26.7. The molecule has 8 rings (SSSR count). The quantitative estimate of drug-likeness (QED) is 0.140. The molecule has 0 saturated heterocycles. The van der Waals surface area contributed by atoms with Gasteiger partial charge < -0.3 is 4.57 Å². The number of para-hydroxylation sites is 1. The van der Waals surface area contributed by atoms with Gasteiger partial charge >= 0.3 is 0 Å². The maximum Gasteiger partial charge on any atom is 0.169 e. The van der Waals surface area contributed by atoms with Crippen LogP contribution in [0.2, 0.25) is 50.9 Å². The predicted octanol–water partition coefficient (Wildman–Crippen LogP) is 10.3. The molecule has 1 aliphatic rings. The molecule has 5 aromatic carbocycles. The van der Waals surface area contributed by atoms with Crippen LogP contribution in [0, 0.1) is 0 Å². The first-order valence-corrected chi connectivity index (χ1v) is 25.2. The Morgan fingerprint density at radius 1 is 0.596 bits per heavy atom. The van der Waals surface area contributed by atoms with Crippen LogP contribution >= 0.6 is 0 Å². The van der Waals surface area contributed by atoms with Gasteiger partial charge in [0.25, 0.3) is 0 Å². The van der Waals surface area contributed by atoms with Gasteiger partial charge in [0.15, 0.2) is 24.2 Å². The van der Waals surface area contributed by atoms with Crippen molar-refractivity contribution in [2.45, 2.75) is 77.6 Å². The van der Waals surface area contributed by atoms with E-state index in [4.69, 9.17) is 15.0 Å². The molecule has 260 valence electrons. The van der Waals surface area contributed by atoms with Crippen LogP contribution in [0.4, 0.5) is 0 Å². The van der Waals surface area contributed by atoms with Crippen LogP contribution in [0.15, 0.2) is 115 Å². The zero-order chi connectivity index (χ0) is 36.4. The maximum atomic E-state index is 5.22. The molecule has 0 atom stereocenters. The van der Waals surface area contributed by atoms with E-state index >= 15 is 0 Å². The van der Waals surface area contributed by atoms with Gasteiger partial charge in [0, 0.05) is 33.2 Å². The summed E-state index contributed by atoms with van der Waals surface area (Å²) in [6.45, 7) is 19.5. The number of benzene rings is 5. The molecular weight excluding hydrogens is 664 g/mol. The largest absolute Gasteiger partial charge is 0.309 e. The molecule has 0 bridgehead atoms. The Hall–Kier alpha value is -4.59. The molecule has 0 N–H and O–H groups in total. The number of nitrogens with zero attached hydrogens (tertiary/aromatic N) is 4. The van der Waals surface area contributed by atoms with E-state index in [1.165, 1.54) is 51.0 Å². The second kappa shape index (κ2) is 13.1. The minimum absolute atomic E-state index is 0.406. The summed E-state index contributed by atoms with van der Waals surface area (Å²) < 4.78 is 2.41. The third-order valence-electron chi connectivity index (χ3n) is 12.2. The molecule has 0 spiro atoms. The van der Waals surface area contributed by atoms with Gasteiger partial charge in [-0.25, -0.2) is 15.0 Å². The summed E-state index contributed by atoms with van der Waals surface area (Å²) >= 11 is 0. The monoisotopic (exact) mass is 712 g/mol. The van der Waals surface area contributed by atoms with Crippen LogP contribution in [0.25, 0.3) is 61.7 Å². The molecule has 7 aromatic rings. The molecule has 0 amide bonds. The zero-order valence-corrected chi connectivity index (χ0v) is 33.9. The molecule has 2 heterocycles. The van der Waals surface area contributed by atoms with Crippen LogP contribution in [0.5, 0.6) is 0 Å². The number of aromatic nitrogens is 4. The smallest absolute Gasteiger partial charge is 0.169 e. The van der Waals surface area contributed by atoms with E-state index in [-0.39, 0.29) is 0 Å². The van der Waals surface area contributed by atoms with Crippen molar-refractivity contribution < 1.29 is 0 Å². The van der Waals surface area contributed by atoms with E-state index < -0.39 is 16.1 Å². The Labute approximate surface area is 311 Å². The molecule has 1 fully saturated rings. The first kappa shape index (κ1) is 34.5. The lowest BCUT2D eigenvalue weighted by Crippen LogP contribution is -2.44. The summed E-state index contributed by atoms with van der Waals surface area (Å²) in [7, 11) is -3.08. The van der Waals surface area contributed by atoms with Crippen LogP contribution in [0.1, 0.15) is 26.7 Å². The molecule has 2 aromatic heterocycles. The van der Waals surface area contributed by atoms with Crippen molar-refractivity contribution in [1.29, 1.82) is 0 Å². The highest BCUT2D eigenvalue weighted by molar-refractivity contribution is 6.91. The second-order valence-electron chi connectivity index (χ2n) is 16.7. The SMILES string of the molecule is CB(C)c1cccc(-c2nc(-c3cccc([Si](C)(C)C(C)C)c3)nc(-c3ccc4c(c3)c3ccccc3n4-c3ccc([Si](C)(C)C4CC4)cc3)n2)c1. The van der Waals surface area contributed by atoms with Crippen molar-refractivity contribution >= 4 is 60.5 Å². The Morgan fingerprint density at radius 3 is 1.83 bits per heavy atom. The normalized spacial score (nSPS) is 13.7. The molecule has 0 radical (unpaired) electrons. The lowest BCUT2D eigenvalue weighted by molar-refractivity contribution is 1.02. The third-order valence-corrected chi connectivity index (χ3v) is 21.3. The average Bonchev–Trinajstić information content (AvgIpc) is 3.98. The Balaban J connectivity index is 1.28. The first-order valence-electron chi connectivity index (χ1n) is 19.0. The van der Waals surface area contributed by atoms with Crippen molar-refractivity contribution in [3.63, 3.8) is 0 Å². The van der Waals surface area contributed by atoms with Crippen molar-refractivity contribution in [2.24, 2.45) is 0 Å². The fraction of sp³-hybridized carbons (Fsp3) is 0.267. The van der Waals surface area contributed by atoms with Gasteiger partial charge in [0.1, 0.15) is 0 Å². The molecule has 0 unspecified atom stereocenters. The molecule has 7 heteroatoms. The maximum absolute atomic E-state index is 5.22. The van der Waals surface area contributed by atoms with E-state index in [1.54, 1.807) is 5.19 Å². The number of fused-ring (bicyclic) bond motifs is 3. The first-order chi connectivity index (χ1) is 24.9. The molecular formula is C45H49BN4Si2. The van der Waals surface area contributed by atoms with Crippen molar-refractivity contribution in [3.05, 3.63) is 115 Å². The number of rotatable bonds is 9. The third kappa shape index (κ3) is 6.18. The topological polar surface area (TPSA) is 43.6 Å². The summed E-state index contributed by atoms with van der Waals surface area (Å²) in [5.41, 5.74) is 9.45. The van der Waals surface area contributed by atoms with E-state index in [9.17, 15) is 0 Å². The lowest BCUT2D eigenvalue weighted by atomic mass is 9.49. The van der Waals surface area contributed by atoms with Gasteiger partial charge in [-0.05, 0) is 47.5 Å². The molecule has 52 heavy (non-hydrogen) atoms. The van der Waals surface area contributed by atoms with Gasteiger partial charge in [-0.1, -0.05) is 161 Å². The predicted molar refractivity (Wildman–Crippen MR) is 230 cm³/mol. The van der Waals surface area contributed by atoms with Crippen molar-refractivity contribution in [1.82, 2.24) is 19.5 Å². The van der Waals surface area contributed by atoms with Gasteiger partial charge in [-0.15, -0.1) is 0 Å². The van der Waals surface area contributed by atoms with Gasteiger partial charge in [-0.2, -0.15) is 0 Å². The van der Waals surface area contributed by atoms with E-state index in [0.717, 1.165) is 22.2 Å². The summed E-state index contributed by atoms with van der Waals surface area (Å²) in [5, 5.41) is 5.40. The van der Waals surface area contributed by atoms with Gasteiger partial charge in [-0.3, -0.25) is 0 Å². The van der Waals surface area contributed by atoms with Gasteiger partial charge in [0.05, 0.1) is 27.2 Å². The van der Waals surface area contributed by atoms with E-state index in [1.807, 2.05) is 0 Å². The van der Waals surface area contributed by atoms with Crippen LogP contribution < -0.4 is 15.8 Å². The minimum Gasteiger partial charge on any atom is -0.309 e. The fourth-order valence-corrected chi connectivity index (χ4v) is 12.5. The van der Waals surface area contributed by atoms with Crippen LogP contribution in [-0.2, 0) is 0 Å². The lowest BCUT2D eigenvalue weighted by Gasteiger charge is -2.27. The molecule has 1 saturated carbocycles. The standard InChI is InChI=1S/C45H49BN4Si2/c1-30(2)51(5,6)38-16-12-14-32(28-38)44-47-43(31-13-11-15-34(27-31)46(3)4)48-45(49-44)33-19-26-42-40(29-33)39-17-9-10-18-41(39)50(42)35-20-22-36(23-21-35)52(7,8)37-24-25-37/h9-23,26-30,37H,24-25H2,1-8H3. The fourth-order valence-electron chi connectivity index (χ4n) is 7.66. The summed E-state index contributed by atoms with van der Waals surface area (Å²) in [6, 6.07) is 42.5. The Morgan fingerprint density at radius 2 is 1.19 bits per heavy atom. The highest BCUT2D eigenvalue weighted by Gasteiger charge is 2.40. The van der Waals surface area contributed by atoms with Crippen molar-refractivity contribution in [3.8, 4) is 39.9 Å². The van der Waals surface area contributed by atoms with Crippen molar-refractivity contribution in [2.75, 3.05) is 0 Å². The summed E-state index contributed by atoms with van der Waals surface area (Å²) in [4.78, 5) is 15.6.